The molecule has 0 atom stereocenters. The van der Waals surface area contributed by atoms with Gasteiger partial charge in [0.25, 0.3) is 0 Å². The van der Waals surface area contributed by atoms with Crippen LogP contribution in [0.3, 0.4) is 0 Å². The van der Waals surface area contributed by atoms with Crippen molar-refractivity contribution in [2.24, 2.45) is 5.92 Å². The summed E-state index contributed by atoms with van der Waals surface area (Å²) in [7, 11) is 1.76. The highest BCUT2D eigenvalue weighted by Gasteiger charge is 2.32. The highest BCUT2D eigenvalue weighted by molar-refractivity contribution is 6.18. The Hall–Kier alpha value is 0.210. The molecule has 0 aromatic rings. The van der Waals surface area contributed by atoms with Gasteiger partial charge in [0.1, 0.15) is 0 Å². The molecule has 16 heavy (non-hydrogen) atoms. The Balaban J connectivity index is 2.20. The number of halogens is 1. The molecule has 0 aromatic carbocycles. The van der Waals surface area contributed by atoms with Gasteiger partial charge in [0, 0.05) is 25.1 Å². The highest BCUT2D eigenvalue weighted by atomic mass is 35.5. The maximum Gasteiger partial charge on any atom is 0.0462 e. The Labute approximate surface area is 105 Å². The molecule has 0 aliphatic heterocycles. The van der Waals surface area contributed by atoms with Crippen molar-refractivity contribution < 1.29 is 4.74 Å². The summed E-state index contributed by atoms with van der Waals surface area (Å²) in [5.74, 6) is 1.64. The van der Waals surface area contributed by atoms with Gasteiger partial charge in [-0.05, 0) is 51.0 Å². The van der Waals surface area contributed by atoms with Crippen LogP contribution >= 0.6 is 11.6 Å². The van der Waals surface area contributed by atoms with Gasteiger partial charge in [-0.25, -0.2) is 0 Å². The monoisotopic (exact) mass is 247 g/mol. The first-order chi connectivity index (χ1) is 7.72. The second-order valence-electron chi connectivity index (χ2n) is 5.22. The number of unbranched alkanes of at least 4 members (excludes halogenated alkanes) is 1. The lowest BCUT2D eigenvalue weighted by Crippen LogP contribution is -2.49. The number of ether oxygens (including phenoxy) is 1. The predicted octanol–water partition coefficient (Wildman–Crippen LogP) is 3.19. The summed E-state index contributed by atoms with van der Waals surface area (Å²) in [6.45, 7) is 4.29. The first kappa shape index (κ1) is 14.3. The van der Waals surface area contributed by atoms with Crippen molar-refractivity contribution in [2.45, 2.75) is 51.0 Å². The zero-order valence-electron chi connectivity index (χ0n) is 10.7. The first-order valence-electron chi connectivity index (χ1n) is 6.52. The lowest BCUT2D eigenvalue weighted by atomic mass is 9.78. The van der Waals surface area contributed by atoms with Gasteiger partial charge in [-0.2, -0.15) is 0 Å². The van der Waals surface area contributed by atoms with Gasteiger partial charge in [0.2, 0.25) is 0 Å². The molecule has 3 heteroatoms. The second kappa shape index (κ2) is 7.52. The van der Waals surface area contributed by atoms with E-state index in [-0.39, 0.29) is 5.54 Å². The van der Waals surface area contributed by atoms with Crippen LogP contribution < -0.4 is 5.32 Å². The van der Waals surface area contributed by atoms with Gasteiger partial charge < -0.3 is 10.1 Å². The molecule has 1 fully saturated rings. The molecule has 0 amide bonds. The molecule has 1 aliphatic carbocycles. The molecule has 0 radical (unpaired) electrons. The van der Waals surface area contributed by atoms with Crippen molar-refractivity contribution in [1.29, 1.82) is 0 Å². The quantitative estimate of drug-likeness (QED) is 0.551. The zero-order chi connectivity index (χ0) is 11.9. The molecule has 96 valence electrons. The standard InChI is InChI=1S/C13H26ClNO/c1-12-5-7-13(11-14,8-6-12)15-9-3-4-10-16-2/h12,15H,3-11H2,1-2H3. The average molecular weight is 248 g/mol. The lowest BCUT2D eigenvalue weighted by Gasteiger charge is -2.39. The highest BCUT2D eigenvalue weighted by Crippen LogP contribution is 2.32. The minimum atomic E-state index is 0.223. The molecule has 0 heterocycles. The molecule has 0 unspecified atom stereocenters. The summed E-state index contributed by atoms with van der Waals surface area (Å²) >= 11 is 6.14. The number of hydrogen-bond acceptors (Lipinski definition) is 2. The third-order valence-corrected chi connectivity index (χ3v) is 4.27. The van der Waals surface area contributed by atoms with Crippen LogP contribution in [-0.2, 0) is 4.74 Å². The number of alkyl halides is 1. The summed E-state index contributed by atoms with van der Waals surface area (Å²) in [5, 5.41) is 3.68. The van der Waals surface area contributed by atoms with Crippen molar-refractivity contribution in [3.05, 3.63) is 0 Å². The molecule has 2 nitrogen and oxygen atoms in total. The summed E-state index contributed by atoms with van der Waals surface area (Å²) in [4.78, 5) is 0. The van der Waals surface area contributed by atoms with E-state index in [4.69, 9.17) is 16.3 Å². The molecule has 1 rings (SSSR count). The first-order valence-corrected chi connectivity index (χ1v) is 7.06. The van der Waals surface area contributed by atoms with Crippen LogP contribution in [0.2, 0.25) is 0 Å². The minimum absolute atomic E-state index is 0.223. The molecule has 0 saturated heterocycles. The fourth-order valence-corrected chi connectivity index (χ4v) is 2.76. The average Bonchev–Trinajstić information content (AvgIpc) is 2.32. The van der Waals surface area contributed by atoms with Crippen molar-refractivity contribution in [3.8, 4) is 0 Å². The van der Waals surface area contributed by atoms with Crippen molar-refractivity contribution in [3.63, 3.8) is 0 Å². The van der Waals surface area contributed by atoms with Crippen molar-refractivity contribution in [1.82, 2.24) is 5.32 Å². The molecule has 1 aliphatic rings. The van der Waals surface area contributed by atoms with Gasteiger partial charge in [-0.15, -0.1) is 11.6 Å². The van der Waals surface area contributed by atoms with Gasteiger partial charge in [-0.1, -0.05) is 6.92 Å². The number of hydrogen-bond donors (Lipinski definition) is 1. The Morgan fingerprint density at radius 3 is 2.56 bits per heavy atom. The fourth-order valence-electron chi connectivity index (χ4n) is 2.40. The molecule has 0 bridgehead atoms. The summed E-state index contributed by atoms with van der Waals surface area (Å²) in [5.41, 5.74) is 0.223. The van der Waals surface area contributed by atoms with Crippen molar-refractivity contribution >= 4 is 11.6 Å². The van der Waals surface area contributed by atoms with E-state index in [1.54, 1.807) is 7.11 Å². The summed E-state index contributed by atoms with van der Waals surface area (Å²) in [6.07, 6.45) is 7.43. The molecule has 0 aromatic heterocycles. The van der Waals surface area contributed by atoms with Crippen molar-refractivity contribution in [2.75, 3.05) is 26.1 Å². The Bertz CT molecular complexity index is 179. The maximum atomic E-state index is 6.14. The molecule has 1 N–H and O–H groups in total. The topological polar surface area (TPSA) is 21.3 Å². The fraction of sp³-hybridized carbons (Fsp3) is 1.00. The maximum absolute atomic E-state index is 6.14. The van der Waals surface area contributed by atoms with Gasteiger partial charge in [-0.3, -0.25) is 0 Å². The van der Waals surface area contributed by atoms with Gasteiger partial charge in [0.15, 0.2) is 0 Å². The molecular weight excluding hydrogens is 222 g/mol. The Kier molecular flexibility index (Phi) is 6.71. The van der Waals surface area contributed by atoms with E-state index < -0.39 is 0 Å². The van der Waals surface area contributed by atoms with Crippen LogP contribution in [0.15, 0.2) is 0 Å². The van der Waals surface area contributed by atoms with Crippen LogP contribution in [0, 0.1) is 5.92 Å². The number of rotatable bonds is 7. The van der Waals surface area contributed by atoms with Gasteiger partial charge in [0.05, 0.1) is 0 Å². The second-order valence-corrected chi connectivity index (χ2v) is 5.49. The Morgan fingerprint density at radius 2 is 2.00 bits per heavy atom. The lowest BCUT2D eigenvalue weighted by molar-refractivity contribution is 0.186. The molecular formula is C13H26ClNO. The SMILES string of the molecule is COCCCCNC1(CCl)CCC(C)CC1. The largest absolute Gasteiger partial charge is 0.385 e. The predicted molar refractivity (Wildman–Crippen MR) is 70.2 cm³/mol. The Morgan fingerprint density at radius 1 is 1.31 bits per heavy atom. The third-order valence-electron chi connectivity index (χ3n) is 3.76. The van der Waals surface area contributed by atoms with Crippen LogP contribution in [0.5, 0.6) is 0 Å². The minimum Gasteiger partial charge on any atom is -0.385 e. The van der Waals surface area contributed by atoms with Crippen LogP contribution in [0.25, 0.3) is 0 Å². The van der Waals surface area contributed by atoms with E-state index in [2.05, 4.69) is 12.2 Å². The van der Waals surface area contributed by atoms with E-state index in [0.717, 1.165) is 31.4 Å². The van der Waals surface area contributed by atoms with Crippen LogP contribution in [-0.4, -0.2) is 31.7 Å². The van der Waals surface area contributed by atoms with Gasteiger partial charge >= 0.3 is 0 Å². The zero-order valence-corrected chi connectivity index (χ0v) is 11.5. The van der Waals surface area contributed by atoms with E-state index in [1.165, 1.54) is 32.1 Å². The number of methoxy groups -OCH3 is 1. The molecule has 0 spiro atoms. The summed E-state index contributed by atoms with van der Waals surface area (Å²) in [6, 6.07) is 0. The molecule has 1 saturated carbocycles. The van der Waals surface area contributed by atoms with Crippen LogP contribution in [0.4, 0.5) is 0 Å². The normalized spacial score (nSPS) is 30.6. The smallest absolute Gasteiger partial charge is 0.0462 e. The van der Waals surface area contributed by atoms with Crippen LogP contribution in [0.1, 0.15) is 45.4 Å². The number of nitrogens with one attached hydrogen (secondary N) is 1. The third kappa shape index (κ3) is 4.60. The van der Waals surface area contributed by atoms with E-state index in [0.29, 0.717) is 0 Å². The van der Waals surface area contributed by atoms with E-state index in [1.807, 2.05) is 0 Å². The van der Waals surface area contributed by atoms with E-state index in [9.17, 15) is 0 Å². The summed E-state index contributed by atoms with van der Waals surface area (Å²) < 4.78 is 5.05. The van der Waals surface area contributed by atoms with E-state index >= 15 is 0 Å².